The second-order valence-corrected chi connectivity index (χ2v) is 3.01. The molecule has 1 saturated heterocycles. The van der Waals surface area contributed by atoms with Gasteiger partial charge in [0.1, 0.15) is 0 Å². The van der Waals surface area contributed by atoms with Gasteiger partial charge in [-0.2, -0.15) is 0 Å². The number of nitrogens with zero attached hydrogens (tertiary/aromatic N) is 1. The third-order valence-corrected chi connectivity index (χ3v) is 1.85. The summed E-state index contributed by atoms with van der Waals surface area (Å²) in [5.74, 6) is -0.361. The molecule has 2 nitrogen and oxygen atoms in total. The largest absolute Gasteiger partial charge is 1.00 e. The van der Waals surface area contributed by atoms with Gasteiger partial charge < -0.3 is 17.8 Å². The van der Waals surface area contributed by atoms with Crippen LogP contribution < -0.4 is 51.4 Å². The maximum absolute atomic E-state index is 11.9. The van der Waals surface area contributed by atoms with E-state index < -0.39 is 13.4 Å². The predicted molar refractivity (Wildman–Crippen MR) is 39.5 cm³/mol. The van der Waals surface area contributed by atoms with Gasteiger partial charge in [0.05, 0.1) is 0 Å². The van der Waals surface area contributed by atoms with Crippen LogP contribution in [0.1, 0.15) is 19.3 Å². The molecule has 0 saturated carbocycles. The molecule has 0 radical (unpaired) electrons. The molecule has 0 bridgehead atoms. The minimum atomic E-state index is -4.85. The predicted octanol–water partition coefficient (Wildman–Crippen LogP) is -1.61. The Morgan fingerprint density at radius 1 is 1.31 bits per heavy atom. The van der Waals surface area contributed by atoms with Crippen molar-refractivity contribution in [3.8, 4) is 0 Å². The van der Waals surface area contributed by atoms with Gasteiger partial charge in [0, 0.05) is 13.0 Å². The summed E-state index contributed by atoms with van der Waals surface area (Å²) in [6, 6.07) is 0. The van der Waals surface area contributed by atoms with E-state index in [0.29, 0.717) is 6.42 Å². The Bertz CT molecular complexity index is 187. The number of likely N-dealkylation sites (tertiary alicyclic amines) is 1. The molecule has 1 aliphatic rings. The van der Waals surface area contributed by atoms with Crippen LogP contribution in [0.2, 0.25) is 0 Å². The minimum Gasteiger partial charge on any atom is -0.448 e. The van der Waals surface area contributed by atoms with Crippen LogP contribution in [0, 0.1) is 0 Å². The number of piperidine rings is 1. The fourth-order valence-corrected chi connectivity index (χ4v) is 1.30. The molecule has 1 fully saturated rings. The van der Waals surface area contributed by atoms with Gasteiger partial charge in [0.25, 0.3) is 0 Å². The van der Waals surface area contributed by atoms with Gasteiger partial charge in [-0.25, -0.2) is 0 Å². The zero-order valence-electron chi connectivity index (χ0n) is 7.60. The first-order valence-corrected chi connectivity index (χ1v) is 3.98. The van der Waals surface area contributed by atoms with Crippen LogP contribution in [-0.2, 0) is 4.79 Å². The maximum Gasteiger partial charge on any atom is 1.00 e. The smallest absolute Gasteiger partial charge is 0.448 e. The van der Waals surface area contributed by atoms with Crippen LogP contribution in [-0.4, -0.2) is 30.8 Å². The van der Waals surface area contributed by atoms with Crippen LogP contribution in [0.5, 0.6) is 0 Å². The molecule has 0 aliphatic carbocycles. The number of carbonyl (C=O) groups is 1. The van der Waals surface area contributed by atoms with Crippen LogP contribution in [0.25, 0.3) is 0 Å². The molecule has 1 heterocycles. The molecule has 0 aromatic rings. The van der Waals surface area contributed by atoms with Crippen LogP contribution in [0.3, 0.4) is 0 Å². The fraction of sp³-hybridized carbons (Fsp3) is 0.833. The van der Waals surface area contributed by atoms with E-state index in [0.717, 1.165) is 11.3 Å². The Kier molecular flexibility index (Phi) is 6.17. The first-order chi connectivity index (χ1) is 5.49. The molecule has 1 aliphatic heterocycles. The molecule has 70 valence electrons. The third kappa shape index (κ3) is 5.41. The van der Waals surface area contributed by atoms with Gasteiger partial charge in [-0.15, -0.1) is 0 Å². The third-order valence-electron chi connectivity index (χ3n) is 1.85. The van der Waals surface area contributed by atoms with E-state index >= 15 is 0 Å². The number of carbonyl (C=O) groups excluding carboxylic acids is 1. The van der Waals surface area contributed by atoms with Crippen LogP contribution in [0.4, 0.5) is 12.9 Å². The molecule has 1 rings (SSSR count). The first kappa shape index (κ1) is 14.0. The van der Waals surface area contributed by atoms with E-state index in [1.165, 1.54) is 0 Å². The molecular formula is C6H10BF3KNO. The second kappa shape index (κ2) is 5.75. The van der Waals surface area contributed by atoms with E-state index in [1.807, 2.05) is 0 Å². The Morgan fingerprint density at radius 2 is 1.92 bits per heavy atom. The summed E-state index contributed by atoms with van der Waals surface area (Å²) in [6.07, 6.45) is 0.656. The average molecular weight is 219 g/mol. The summed E-state index contributed by atoms with van der Waals surface area (Å²) in [6.45, 7) is -4.59. The van der Waals surface area contributed by atoms with Gasteiger partial charge in [0.2, 0.25) is 5.91 Å². The molecule has 0 atom stereocenters. The van der Waals surface area contributed by atoms with Crippen molar-refractivity contribution in [3.05, 3.63) is 0 Å². The monoisotopic (exact) mass is 219 g/mol. The quantitative estimate of drug-likeness (QED) is 0.512. The van der Waals surface area contributed by atoms with Crippen molar-refractivity contribution >= 4 is 12.9 Å². The number of hydrogen-bond donors (Lipinski definition) is 0. The van der Waals surface area contributed by atoms with Crippen molar-refractivity contribution in [2.75, 3.05) is 13.0 Å². The molecule has 0 aromatic heterocycles. The van der Waals surface area contributed by atoms with Crippen molar-refractivity contribution in [1.29, 1.82) is 0 Å². The van der Waals surface area contributed by atoms with Gasteiger partial charge in [-0.3, -0.25) is 4.79 Å². The van der Waals surface area contributed by atoms with Gasteiger partial charge in [0.15, 0.2) is 0 Å². The molecule has 0 unspecified atom stereocenters. The van der Waals surface area contributed by atoms with Crippen molar-refractivity contribution in [2.24, 2.45) is 0 Å². The van der Waals surface area contributed by atoms with E-state index in [2.05, 4.69) is 0 Å². The SMILES string of the molecule is O=C1CCCCN1C[B-](F)(F)F.[K+]. The van der Waals surface area contributed by atoms with Gasteiger partial charge >= 0.3 is 58.4 Å². The van der Waals surface area contributed by atoms with E-state index in [9.17, 15) is 17.7 Å². The zero-order valence-corrected chi connectivity index (χ0v) is 10.7. The first-order valence-electron chi connectivity index (χ1n) is 3.98. The van der Waals surface area contributed by atoms with Crippen molar-refractivity contribution < 1.29 is 69.1 Å². The summed E-state index contributed by atoms with van der Waals surface area (Å²) in [5.41, 5.74) is 0. The summed E-state index contributed by atoms with van der Waals surface area (Å²) in [7, 11) is 0. The normalized spacial score (nSPS) is 18.4. The summed E-state index contributed by atoms with van der Waals surface area (Å²) in [5, 5.41) is 0. The Morgan fingerprint density at radius 3 is 2.38 bits per heavy atom. The molecule has 1 amide bonds. The van der Waals surface area contributed by atoms with Crippen LogP contribution in [0.15, 0.2) is 0 Å². The summed E-state index contributed by atoms with van der Waals surface area (Å²) >= 11 is 0. The molecule has 7 heteroatoms. The van der Waals surface area contributed by atoms with Gasteiger partial charge in [-0.1, -0.05) is 0 Å². The number of rotatable bonds is 2. The van der Waals surface area contributed by atoms with E-state index in [-0.39, 0.29) is 70.3 Å². The minimum absolute atomic E-state index is 0. The van der Waals surface area contributed by atoms with E-state index in [4.69, 9.17) is 0 Å². The molecule has 0 N–H and O–H groups in total. The molecule has 13 heavy (non-hydrogen) atoms. The topological polar surface area (TPSA) is 20.3 Å². The summed E-state index contributed by atoms with van der Waals surface area (Å²) in [4.78, 5) is 11.8. The second-order valence-electron chi connectivity index (χ2n) is 3.01. The molecule has 0 spiro atoms. The zero-order chi connectivity index (χ0) is 9.19. The van der Waals surface area contributed by atoms with Crippen LogP contribution >= 0.6 is 0 Å². The summed E-state index contributed by atoms with van der Waals surface area (Å²) < 4.78 is 35.6. The number of hydrogen-bond acceptors (Lipinski definition) is 1. The Balaban J connectivity index is 0.00000144. The van der Waals surface area contributed by atoms with Crippen molar-refractivity contribution in [3.63, 3.8) is 0 Å². The van der Waals surface area contributed by atoms with Crippen molar-refractivity contribution in [1.82, 2.24) is 4.90 Å². The van der Waals surface area contributed by atoms with E-state index in [1.54, 1.807) is 0 Å². The standard InChI is InChI=1S/C6H10BF3NO.K/c8-7(9,10)5-11-4-2-1-3-6(11)12;/h1-5H2;/q-1;+1. The Labute approximate surface area is 118 Å². The fourth-order valence-electron chi connectivity index (χ4n) is 1.30. The number of halogens is 3. The molecule has 0 aromatic carbocycles. The average Bonchev–Trinajstić information content (AvgIpc) is 1.91. The van der Waals surface area contributed by atoms with Gasteiger partial charge in [-0.05, 0) is 19.3 Å². The van der Waals surface area contributed by atoms with Crippen molar-refractivity contribution in [2.45, 2.75) is 19.3 Å². The Hall–Kier alpha value is 0.961. The number of amides is 1. The molecular weight excluding hydrogens is 209 g/mol. The maximum atomic E-state index is 11.9.